The first-order chi connectivity index (χ1) is 7.66. The molecule has 16 heavy (non-hydrogen) atoms. The van der Waals surface area contributed by atoms with Crippen LogP contribution in [0.5, 0.6) is 0 Å². The molecule has 2 nitrogen and oxygen atoms in total. The number of nitrogens with zero attached hydrogens (tertiary/aromatic N) is 1. The molecule has 1 N–H and O–H groups in total. The van der Waals surface area contributed by atoms with Crippen LogP contribution in [0, 0.1) is 17.7 Å². The lowest BCUT2D eigenvalue weighted by molar-refractivity contribution is 0.350. The number of rotatable bonds is 2. The van der Waals surface area contributed by atoms with Crippen molar-refractivity contribution in [2.45, 2.75) is 0 Å². The number of hydrogen-bond acceptors (Lipinski definition) is 2. The van der Waals surface area contributed by atoms with E-state index in [0.717, 1.165) is 12.1 Å². The van der Waals surface area contributed by atoms with E-state index in [4.69, 9.17) is 0 Å². The fraction of sp³-hybridized carbons (Fsp3) is 0. The van der Waals surface area contributed by atoms with Gasteiger partial charge < -0.3 is 5.11 Å². The van der Waals surface area contributed by atoms with Crippen LogP contribution in [0.25, 0.3) is 0 Å². The highest BCUT2D eigenvalue weighted by Crippen LogP contribution is 2.19. The summed E-state index contributed by atoms with van der Waals surface area (Å²) in [4.78, 5) is 3.80. The summed E-state index contributed by atoms with van der Waals surface area (Å²) in [6.45, 7) is 0. The molecule has 2 aromatic rings. The van der Waals surface area contributed by atoms with Crippen molar-refractivity contribution < 1.29 is 13.9 Å². The van der Waals surface area contributed by atoms with Crippen LogP contribution in [0.3, 0.4) is 0 Å². The number of aromatic nitrogens is 1. The second kappa shape index (κ2) is 4.37. The van der Waals surface area contributed by atoms with Crippen molar-refractivity contribution in [1.29, 1.82) is 0 Å². The monoisotopic (exact) mass is 220 g/mol. The summed E-state index contributed by atoms with van der Waals surface area (Å²) >= 11 is 0. The molecular formula is C12H8F2NO. The summed E-state index contributed by atoms with van der Waals surface area (Å²) in [6, 6.07) is 7.64. The Kier molecular flexibility index (Phi) is 2.92. The summed E-state index contributed by atoms with van der Waals surface area (Å²) in [5.41, 5.74) is 0.337. The highest BCUT2D eigenvalue weighted by Gasteiger charge is 2.14. The number of aliphatic hydroxyl groups is 1. The molecule has 0 saturated heterocycles. The predicted octanol–water partition coefficient (Wildman–Crippen LogP) is 2.66. The molecule has 81 valence electrons. The summed E-state index contributed by atoms with van der Waals surface area (Å²) in [5.74, 6) is -0.978. The fourth-order valence-corrected chi connectivity index (χ4v) is 1.32. The van der Waals surface area contributed by atoms with E-state index < -0.39 is 11.6 Å². The Morgan fingerprint density at radius 3 is 2.50 bits per heavy atom. The summed E-state index contributed by atoms with van der Waals surface area (Å²) in [5, 5.41) is 9.76. The van der Waals surface area contributed by atoms with Gasteiger partial charge >= 0.3 is 0 Å². The third kappa shape index (κ3) is 2.23. The predicted molar refractivity (Wildman–Crippen MR) is 54.0 cm³/mol. The van der Waals surface area contributed by atoms with E-state index in [2.05, 4.69) is 4.98 Å². The van der Waals surface area contributed by atoms with Gasteiger partial charge in [-0.3, -0.25) is 4.98 Å². The molecule has 0 spiro atoms. The molecule has 1 heterocycles. The van der Waals surface area contributed by atoms with Crippen LogP contribution in [0.2, 0.25) is 0 Å². The Hall–Kier alpha value is -1.81. The molecule has 1 aromatic heterocycles. The summed E-state index contributed by atoms with van der Waals surface area (Å²) in [6.07, 6.45) is 0.985. The maximum atomic E-state index is 12.9. The molecule has 0 aliphatic heterocycles. The largest absolute Gasteiger partial charge is 0.375 e. The number of aliphatic hydroxyl groups excluding tert-OH is 1. The van der Waals surface area contributed by atoms with Crippen LogP contribution in [0.15, 0.2) is 42.6 Å². The quantitative estimate of drug-likeness (QED) is 0.844. The molecule has 0 aliphatic rings. The summed E-state index contributed by atoms with van der Waals surface area (Å²) in [7, 11) is 0. The smallest absolute Gasteiger partial charge is 0.170 e. The molecule has 1 aromatic carbocycles. The zero-order chi connectivity index (χ0) is 11.5. The van der Waals surface area contributed by atoms with Gasteiger partial charge in [-0.25, -0.2) is 8.78 Å². The van der Waals surface area contributed by atoms with E-state index in [1.165, 1.54) is 30.5 Å². The lowest BCUT2D eigenvalue weighted by atomic mass is 10.1. The normalized spacial score (nSPS) is 10.8. The first-order valence-electron chi connectivity index (χ1n) is 4.60. The molecule has 0 bridgehead atoms. The number of halogens is 2. The molecule has 0 fully saturated rings. The highest BCUT2D eigenvalue weighted by molar-refractivity contribution is 5.37. The maximum Gasteiger partial charge on any atom is 0.170 e. The van der Waals surface area contributed by atoms with Crippen molar-refractivity contribution in [3.63, 3.8) is 0 Å². The minimum Gasteiger partial charge on any atom is -0.375 e. The minimum absolute atomic E-state index is 0.0746. The Labute approximate surface area is 91.2 Å². The van der Waals surface area contributed by atoms with Gasteiger partial charge in [0.15, 0.2) is 6.10 Å². The van der Waals surface area contributed by atoms with Crippen LogP contribution in [0.1, 0.15) is 11.3 Å². The van der Waals surface area contributed by atoms with Crippen molar-refractivity contribution in [2.24, 2.45) is 0 Å². The molecule has 2 rings (SSSR count). The van der Waals surface area contributed by atoms with Crippen LogP contribution in [0.4, 0.5) is 8.78 Å². The van der Waals surface area contributed by atoms with Gasteiger partial charge in [0.05, 0.1) is 5.69 Å². The average molecular weight is 220 g/mol. The molecule has 0 atom stereocenters. The van der Waals surface area contributed by atoms with E-state index >= 15 is 0 Å². The molecule has 1 radical (unpaired) electrons. The third-order valence-corrected chi connectivity index (χ3v) is 2.06. The zero-order valence-electron chi connectivity index (χ0n) is 8.19. The second-order valence-electron chi connectivity index (χ2n) is 3.22. The van der Waals surface area contributed by atoms with Gasteiger partial charge in [-0.05, 0) is 29.8 Å². The van der Waals surface area contributed by atoms with Crippen molar-refractivity contribution in [3.05, 3.63) is 71.6 Å². The van der Waals surface area contributed by atoms with Crippen molar-refractivity contribution in [1.82, 2.24) is 4.98 Å². The second-order valence-corrected chi connectivity index (χ2v) is 3.22. The Bertz CT molecular complexity index is 456. The van der Waals surface area contributed by atoms with E-state index in [0.29, 0.717) is 0 Å². The zero-order valence-corrected chi connectivity index (χ0v) is 8.19. The van der Waals surface area contributed by atoms with Crippen LogP contribution >= 0.6 is 0 Å². The van der Waals surface area contributed by atoms with E-state index in [1.54, 1.807) is 0 Å². The molecule has 0 saturated carbocycles. The first kappa shape index (κ1) is 10.7. The summed E-state index contributed by atoms with van der Waals surface area (Å²) < 4.78 is 25.8. The van der Waals surface area contributed by atoms with Gasteiger partial charge in [0.2, 0.25) is 0 Å². The van der Waals surface area contributed by atoms with Gasteiger partial charge in [-0.2, -0.15) is 0 Å². The first-order valence-corrected chi connectivity index (χ1v) is 4.60. The van der Waals surface area contributed by atoms with Gasteiger partial charge in [0.1, 0.15) is 11.6 Å². The standard InChI is InChI=1S/C12H8F2NO/c13-9-3-1-2-8(6-9)12(16)11-7-10(14)4-5-15-11/h1-7,16H. The van der Waals surface area contributed by atoms with Crippen molar-refractivity contribution in [2.75, 3.05) is 0 Å². The highest BCUT2D eigenvalue weighted by atomic mass is 19.1. The van der Waals surface area contributed by atoms with Gasteiger partial charge in [0.25, 0.3) is 0 Å². The number of hydrogen-bond donors (Lipinski definition) is 1. The lowest BCUT2D eigenvalue weighted by Gasteiger charge is -2.08. The maximum absolute atomic E-state index is 12.9. The molecular weight excluding hydrogens is 212 g/mol. The third-order valence-electron chi connectivity index (χ3n) is 2.06. The Morgan fingerprint density at radius 2 is 1.81 bits per heavy atom. The SMILES string of the molecule is O[C](c1cccc(F)c1)c1cc(F)ccn1. The van der Waals surface area contributed by atoms with Crippen LogP contribution in [-0.2, 0) is 0 Å². The Morgan fingerprint density at radius 1 is 1.06 bits per heavy atom. The topological polar surface area (TPSA) is 33.1 Å². The van der Waals surface area contributed by atoms with E-state index in [-0.39, 0.29) is 17.4 Å². The minimum atomic E-state index is -0.507. The average Bonchev–Trinajstić information content (AvgIpc) is 2.28. The Balaban J connectivity index is 2.35. The molecule has 0 aliphatic carbocycles. The number of benzene rings is 1. The van der Waals surface area contributed by atoms with Crippen molar-refractivity contribution in [3.8, 4) is 0 Å². The number of pyridine rings is 1. The van der Waals surface area contributed by atoms with Crippen molar-refractivity contribution >= 4 is 0 Å². The van der Waals surface area contributed by atoms with Gasteiger partial charge in [0, 0.05) is 6.20 Å². The van der Waals surface area contributed by atoms with Crippen LogP contribution in [-0.4, -0.2) is 10.1 Å². The molecule has 0 amide bonds. The van der Waals surface area contributed by atoms with E-state index in [9.17, 15) is 13.9 Å². The molecule has 0 unspecified atom stereocenters. The van der Waals surface area contributed by atoms with Gasteiger partial charge in [-0.1, -0.05) is 12.1 Å². The van der Waals surface area contributed by atoms with E-state index in [1.807, 2.05) is 0 Å². The van der Waals surface area contributed by atoms with Crippen LogP contribution < -0.4 is 0 Å². The fourth-order valence-electron chi connectivity index (χ4n) is 1.32. The van der Waals surface area contributed by atoms with Gasteiger partial charge in [-0.15, -0.1) is 0 Å². The molecule has 4 heteroatoms. The lowest BCUT2D eigenvalue weighted by Crippen LogP contribution is -2.04.